The molecule has 4 rings (SSSR count). The van der Waals surface area contributed by atoms with Crippen LogP contribution >= 0.6 is 11.3 Å². The third kappa shape index (κ3) is 3.22. The van der Waals surface area contributed by atoms with Crippen LogP contribution in [0.3, 0.4) is 0 Å². The van der Waals surface area contributed by atoms with E-state index < -0.39 is 23.6 Å². The monoisotopic (exact) mass is 399 g/mol. The Balaban J connectivity index is 1.53. The lowest BCUT2D eigenvalue weighted by Gasteiger charge is -2.06. The molecular formula is C17H13N5O5S. The van der Waals surface area contributed by atoms with Crippen LogP contribution < -0.4 is 16.7 Å². The van der Waals surface area contributed by atoms with E-state index in [0.717, 1.165) is 20.5 Å². The Morgan fingerprint density at radius 1 is 1.21 bits per heavy atom. The average Bonchev–Trinajstić information content (AvgIpc) is 3.07. The Morgan fingerprint density at radius 3 is 2.75 bits per heavy atom. The van der Waals surface area contributed by atoms with Crippen LogP contribution in [-0.2, 0) is 22.7 Å². The standard InChI is InChI=1S/C17H13N5O5S/c1-9-6-13(23)22-17(18-9)28-12(19-22)8-27-14(24)7-21-16(26)11-5-3-2-4-10(11)15(25)20-21/h2-6H,7-8H2,1H3,(H,20,25). The zero-order valence-electron chi connectivity index (χ0n) is 14.5. The molecule has 28 heavy (non-hydrogen) atoms. The molecule has 0 aliphatic carbocycles. The van der Waals surface area contributed by atoms with Gasteiger partial charge in [0.25, 0.3) is 16.7 Å². The molecule has 0 aliphatic rings. The van der Waals surface area contributed by atoms with Crippen LogP contribution in [0.4, 0.5) is 0 Å². The molecule has 10 nitrogen and oxygen atoms in total. The number of hydrogen-bond acceptors (Lipinski definition) is 8. The van der Waals surface area contributed by atoms with Crippen LogP contribution in [0.1, 0.15) is 10.7 Å². The summed E-state index contributed by atoms with van der Waals surface area (Å²) in [6, 6.07) is 7.68. The van der Waals surface area contributed by atoms with E-state index in [2.05, 4.69) is 15.2 Å². The van der Waals surface area contributed by atoms with Crippen molar-refractivity contribution in [3.63, 3.8) is 0 Å². The first-order valence-corrected chi connectivity index (χ1v) is 8.98. The van der Waals surface area contributed by atoms with Crippen molar-refractivity contribution < 1.29 is 9.53 Å². The average molecular weight is 399 g/mol. The van der Waals surface area contributed by atoms with E-state index in [1.54, 1.807) is 19.1 Å². The van der Waals surface area contributed by atoms with E-state index in [-0.39, 0.29) is 22.9 Å². The van der Waals surface area contributed by atoms with Crippen molar-refractivity contribution >= 4 is 33.0 Å². The number of esters is 1. The Hall–Kier alpha value is -3.60. The maximum absolute atomic E-state index is 12.4. The fourth-order valence-corrected chi connectivity index (χ4v) is 3.55. The van der Waals surface area contributed by atoms with Crippen molar-refractivity contribution in [2.45, 2.75) is 20.1 Å². The molecule has 0 radical (unpaired) electrons. The molecule has 3 heterocycles. The molecule has 11 heteroatoms. The van der Waals surface area contributed by atoms with Crippen LogP contribution in [0.25, 0.3) is 15.7 Å². The minimum absolute atomic E-state index is 0.183. The Morgan fingerprint density at radius 2 is 1.96 bits per heavy atom. The summed E-state index contributed by atoms with van der Waals surface area (Å²) < 4.78 is 7.16. The van der Waals surface area contributed by atoms with Crippen molar-refractivity contribution in [1.82, 2.24) is 24.4 Å². The summed E-state index contributed by atoms with van der Waals surface area (Å²) in [5, 5.41) is 7.27. The van der Waals surface area contributed by atoms with Crippen LogP contribution in [0.5, 0.6) is 0 Å². The van der Waals surface area contributed by atoms with E-state index in [9.17, 15) is 19.2 Å². The SMILES string of the molecule is Cc1cc(=O)n2nc(COC(=O)Cn3[nH]c(=O)c4ccccc4c3=O)sc2n1. The fourth-order valence-electron chi connectivity index (χ4n) is 2.69. The molecule has 0 bridgehead atoms. The second kappa shape index (κ2) is 6.85. The molecule has 0 amide bonds. The largest absolute Gasteiger partial charge is 0.457 e. The van der Waals surface area contributed by atoms with E-state index in [4.69, 9.17) is 4.74 Å². The molecule has 0 atom stereocenters. The smallest absolute Gasteiger partial charge is 0.328 e. The van der Waals surface area contributed by atoms with Crippen LogP contribution in [-0.4, -0.2) is 30.3 Å². The third-order valence-corrected chi connectivity index (χ3v) is 4.82. The predicted octanol–water partition coefficient (Wildman–Crippen LogP) is 0.206. The van der Waals surface area contributed by atoms with E-state index in [1.165, 1.54) is 18.2 Å². The molecule has 3 aromatic heterocycles. The maximum Gasteiger partial charge on any atom is 0.328 e. The summed E-state index contributed by atoms with van der Waals surface area (Å²) in [5.41, 5.74) is -0.734. The number of aromatic amines is 1. The number of H-pyrrole nitrogens is 1. The number of aryl methyl sites for hydroxylation is 1. The van der Waals surface area contributed by atoms with Gasteiger partial charge in [0, 0.05) is 11.8 Å². The van der Waals surface area contributed by atoms with Gasteiger partial charge in [-0.3, -0.25) is 24.3 Å². The summed E-state index contributed by atoms with van der Waals surface area (Å²) >= 11 is 1.12. The molecule has 1 N–H and O–H groups in total. The van der Waals surface area contributed by atoms with Gasteiger partial charge in [0.1, 0.15) is 13.2 Å². The number of rotatable bonds is 4. The second-order valence-corrected chi connectivity index (χ2v) is 7.00. The minimum Gasteiger partial charge on any atom is -0.457 e. The summed E-state index contributed by atoms with van der Waals surface area (Å²) in [4.78, 5) is 53.0. The lowest BCUT2D eigenvalue weighted by atomic mass is 10.2. The van der Waals surface area contributed by atoms with Gasteiger partial charge in [-0.15, -0.1) is 0 Å². The van der Waals surface area contributed by atoms with Gasteiger partial charge >= 0.3 is 5.97 Å². The number of hydrogen-bond donors (Lipinski definition) is 1. The minimum atomic E-state index is -0.733. The number of carbonyl (C=O) groups is 1. The second-order valence-electron chi connectivity index (χ2n) is 5.96. The molecule has 0 spiro atoms. The molecule has 0 saturated heterocycles. The van der Waals surface area contributed by atoms with Crippen molar-refractivity contribution in [3.05, 3.63) is 72.1 Å². The topological polar surface area (TPSA) is 128 Å². The lowest BCUT2D eigenvalue weighted by Crippen LogP contribution is -2.32. The Labute approximate surface area is 159 Å². The number of fused-ring (bicyclic) bond motifs is 2. The van der Waals surface area contributed by atoms with Gasteiger partial charge in [-0.05, 0) is 19.1 Å². The molecule has 0 saturated carbocycles. The van der Waals surface area contributed by atoms with E-state index in [0.29, 0.717) is 15.7 Å². The lowest BCUT2D eigenvalue weighted by molar-refractivity contribution is -0.146. The number of nitrogens with zero attached hydrogens (tertiary/aromatic N) is 4. The van der Waals surface area contributed by atoms with Crippen LogP contribution in [0, 0.1) is 6.92 Å². The molecule has 4 aromatic rings. The first-order chi connectivity index (χ1) is 13.4. The van der Waals surface area contributed by atoms with E-state index in [1.807, 2.05) is 0 Å². The Kier molecular flexibility index (Phi) is 4.35. The number of ether oxygens (including phenoxy) is 1. The highest BCUT2D eigenvalue weighted by molar-refractivity contribution is 7.16. The van der Waals surface area contributed by atoms with Crippen molar-refractivity contribution in [2.75, 3.05) is 0 Å². The first kappa shape index (κ1) is 17.8. The molecular weight excluding hydrogens is 386 g/mol. The zero-order chi connectivity index (χ0) is 19.8. The van der Waals surface area contributed by atoms with Gasteiger partial charge in [-0.25, -0.2) is 9.67 Å². The number of nitrogens with one attached hydrogen (secondary N) is 1. The zero-order valence-corrected chi connectivity index (χ0v) is 15.4. The molecule has 142 valence electrons. The predicted molar refractivity (Wildman–Crippen MR) is 100 cm³/mol. The summed E-state index contributed by atoms with van der Waals surface area (Å²) in [5.74, 6) is -0.733. The summed E-state index contributed by atoms with van der Waals surface area (Å²) in [6.45, 7) is 1.06. The van der Waals surface area contributed by atoms with Gasteiger partial charge in [0.15, 0.2) is 5.01 Å². The van der Waals surface area contributed by atoms with Gasteiger partial charge in [-0.2, -0.15) is 9.61 Å². The quantitative estimate of drug-likeness (QED) is 0.486. The fraction of sp³-hybridized carbons (Fsp3) is 0.176. The summed E-state index contributed by atoms with van der Waals surface area (Å²) in [6.07, 6.45) is 0. The van der Waals surface area contributed by atoms with Gasteiger partial charge in [0.05, 0.1) is 10.8 Å². The summed E-state index contributed by atoms with van der Waals surface area (Å²) in [7, 11) is 0. The van der Waals surface area contributed by atoms with Crippen molar-refractivity contribution in [2.24, 2.45) is 0 Å². The first-order valence-electron chi connectivity index (χ1n) is 8.16. The molecule has 0 aliphatic heterocycles. The molecule has 0 fully saturated rings. The van der Waals surface area contributed by atoms with Gasteiger partial charge < -0.3 is 4.74 Å². The maximum atomic E-state index is 12.4. The van der Waals surface area contributed by atoms with Crippen molar-refractivity contribution in [1.29, 1.82) is 0 Å². The highest BCUT2D eigenvalue weighted by Crippen LogP contribution is 2.12. The van der Waals surface area contributed by atoms with Crippen LogP contribution in [0.15, 0.2) is 44.7 Å². The van der Waals surface area contributed by atoms with Gasteiger partial charge in [-0.1, -0.05) is 23.5 Å². The third-order valence-electron chi connectivity index (χ3n) is 3.94. The normalized spacial score (nSPS) is 11.2. The number of aromatic nitrogens is 5. The van der Waals surface area contributed by atoms with Crippen LogP contribution in [0.2, 0.25) is 0 Å². The molecule has 0 unspecified atom stereocenters. The van der Waals surface area contributed by atoms with Crippen molar-refractivity contribution in [3.8, 4) is 0 Å². The molecule has 1 aromatic carbocycles. The number of benzene rings is 1. The highest BCUT2D eigenvalue weighted by Gasteiger charge is 2.13. The Bertz CT molecular complexity index is 1400. The van der Waals surface area contributed by atoms with Gasteiger partial charge in [0.2, 0.25) is 4.96 Å². The van der Waals surface area contributed by atoms with E-state index >= 15 is 0 Å². The highest BCUT2D eigenvalue weighted by atomic mass is 32.1. The number of carbonyl (C=O) groups excluding carboxylic acids is 1.